The van der Waals surface area contributed by atoms with Crippen LogP contribution < -0.4 is 5.32 Å². The average molecular weight is 342 g/mol. The number of carboxylic acid groups (broad SMARTS) is 1. The zero-order valence-corrected chi connectivity index (χ0v) is 12.9. The van der Waals surface area contributed by atoms with Crippen LogP contribution in [0.2, 0.25) is 0 Å². The fraction of sp³-hybridized carbons (Fsp3) is 0.462. The van der Waals surface area contributed by atoms with E-state index in [1.54, 1.807) is 0 Å². The second-order valence-electron chi connectivity index (χ2n) is 4.84. The summed E-state index contributed by atoms with van der Waals surface area (Å²) in [4.78, 5) is 28.7. The van der Waals surface area contributed by atoms with Crippen molar-refractivity contribution in [2.45, 2.75) is 32.7 Å². The summed E-state index contributed by atoms with van der Waals surface area (Å²) in [5, 5.41) is 11.8. The molecule has 1 atom stereocenters. The first-order chi connectivity index (χ1) is 9.40. The molecule has 1 aliphatic heterocycles. The molecule has 2 rings (SSSR count). The fourth-order valence-electron chi connectivity index (χ4n) is 2.23. The van der Waals surface area contributed by atoms with Gasteiger partial charge in [-0.3, -0.25) is 9.69 Å². The molecule has 2 heterocycles. The van der Waals surface area contributed by atoms with Crippen molar-refractivity contribution >= 4 is 33.7 Å². The number of carbonyl (C=O) groups is 2. The minimum Gasteiger partial charge on any atom is -0.465 e. The van der Waals surface area contributed by atoms with Gasteiger partial charge in [0.2, 0.25) is 5.91 Å². The number of pyridine rings is 1. The molecule has 0 aromatic carbocycles. The van der Waals surface area contributed by atoms with Crippen LogP contribution in [0, 0.1) is 13.8 Å². The van der Waals surface area contributed by atoms with Gasteiger partial charge in [-0.05, 0) is 54.2 Å². The van der Waals surface area contributed by atoms with E-state index >= 15 is 0 Å². The summed E-state index contributed by atoms with van der Waals surface area (Å²) in [7, 11) is 0. The molecule has 6 nitrogen and oxygen atoms in total. The van der Waals surface area contributed by atoms with Gasteiger partial charge in [-0.2, -0.15) is 0 Å². The molecule has 108 valence electrons. The molecule has 0 saturated carbocycles. The number of nitrogens with one attached hydrogen (secondary N) is 1. The van der Waals surface area contributed by atoms with Gasteiger partial charge in [0, 0.05) is 12.2 Å². The average Bonchev–Trinajstić information content (AvgIpc) is 2.85. The van der Waals surface area contributed by atoms with Crippen molar-refractivity contribution in [1.29, 1.82) is 0 Å². The highest BCUT2D eigenvalue weighted by Crippen LogP contribution is 2.24. The van der Waals surface area contributed by atoms with E-state index in [2.05, 4.69) is 26.2 Å². The Balaban J connectivity index is 2.16. The number of anilines is 1. The topological polar surface area (TPSA) is 82.5 Å². The summed E-state index contributed by atoms with van der Waals surface area (Å²) in [5.41, 5.74) is 1.84. The van der Waals surface area contributed by atoms with Crippen molar-refractivity contribution in [2.24, 2.45) is 0 Å². The van der Waals surface area contributed by atoms with Gasteiger partial charge in [0.1, 0.15) is 11.9 Å². The summed E-state index contributed by atoms with van der Waals surface area (Å²) in [6.07, 6.45) is 0.182. The van der Waals surface area contributed by atoms with E-state index in [9.17, 15) is 9.59 Å². The van der Waals surface area contributed by atoms with Crippen molar-refractivity contribution in [3.05, 3.63) is 21.8 Å². The molecular weight excluding hydrogens is 326 g/mol. The number of hydrogen-bond acceptors (Lipinski definition) is 3. The summed E-state index contributed by atoms with van der Waals surface area (Å²) >= 11 is 3.36. The second kappa shape index (κ2) is 5.78. The van der Waals surface area contributed by atoms with E-state index in [0.717, 1.165) is 11.3 Å². The van der Waals surface area contributed by atoms with Crippen LogP contribution in [-0.2, 0) is 4.79 Å². The Labute approximate surface area is 125 Å². The summed E-state index contributed by atoms with van der Waals surface area (Å²) in [6.45, 7) is 4.19. The predicted molar refractivity (Wildman–Crippen MR) is 77.8 cm³/mol. The zero-order valence-electron chi connectivity index (χ0n) is 11.3. The van der Waals surface area contributed by atoms with Gasteiger partial charge in [0.15, 0.2) is 0 Å². The zero-order chi connectivity index (χ0) is 14.9. The van der Waals surface area contributed by atoms with Crippen LogP contribution in [0.3, 0.4) is 0 Å². The van der Waals surface area contributed by atoms with Crippen LogP contribution in [0.5, 0.6) is 0 Å². The Bertz CT molecular complexity index is 562. The maximum atomic E-state index is 12.2. The highest BCUT2D eigenvalue weighted by atomic mass is 79.9. The number of aromatic nitrogens is 1. The number of hydrogen-bond donors (Lipinski definition) is 2. The van der Waals surface area contributed by atoms with Crippen molar-refractivity contribution in [3.63, 3.8) is 0 Å². The number of nitrogens with zero attached hydrogens (tertiary/aromatic N) is 2. The van der Waals surface area contributed by atoms with E-state index in [0.29, 0.717) is 29.7 Å². The van der Waals surface area contributed by atoms with E-state index < -0.39 is 12.1 Å². The highest BCUT2D eigenvalue weighted by molar-refractivity contribution is 9.10. The molecule has 2 N–H and O–H groups in total. The van der Waals surface area contributed by atoms with Crippen LogP contribution in [0.25, 0.3) is 0 Å². The normalized spacial score (nSPS) is 18.1. The molecule has 1 aliphatic rings. The van der Waals surface area contributed by atoms with Crippen LogP contribution in [0.4, 0.5) is 10.6 Å². The first-order valence-electron chi connectivity index (χ1n) is 6.34. The number of rotatable bonds is 2. The van der Waals surface area contributed by atoms with Crippen LogP contribution in [0.15, 0.2) is 10.5 Å². The lowest BCUT2D eigenvalue weighted by Crippen LogP contribution is -2.42. The SMILES string of the molecule is Cc1cc(Br)c(NC(=O)[C@H]2CCCN2C(=O)O)nc1C. The fourth-order valence-corrected chi connectivity index (χ4v) is 2.76. The first kappa shape index (κ1) is 14.8. The Morgan fingerprint density at radius 2 is 2.20 bits per heavy atom. The van der Waals surface area contributed by atoms with Crippen molar-refractivity contribution in [2.75, 3.05) is 11.9 Å². The van der Waals surface area contributed by atoms with Crippen LogP contribution in [0.1, 0.15) is 24.1 Å². The van der Waals surface area contributed by atoms with E-state index in [1.165, 1.54) is 4.90 Å². The Morgan fingerprint density at radius 1 is 1.50 bits per heavy atom. The third-order valence-corrected chi connectivity index (χ3v) is 4.07. The molecule has 0 aliphatic carbocycles. The summed E-state index contributed by atoms with van der Waals surface area (Å²) in [5.74, 6) is 0.0942. The lowest BCUT2D eigenvalue weighted by molar-refractivity contribution is -0.119. The lowest BCUT2D eigenvalue weighted by atomic mass is 10.2. The number of carbonyl (C=O) groups excluding carboxylic acids is 1. The standard InChI is InChI=1S/C13H16BrN3O3/c1-7-6-9(14)11(15-8(7)2)16-12(18)10-4-3-5-17(10)13(19)20/h6,10H,3-5H2,1-2H3,(H,19,20)(H,15,16,18)/t10-/m1/s1. The molecule has 1 fully saturated rings. The Morgan fingerprint density at radius 3 is 2.85 bits per heavy atom. The largest absolute Gasteiger partial charge is 0.465 e. The minimum atomic E-state index is -1.06. The third kappa shape index (κ3) is 2.92. The molecule has 0 radical (unpaired) electrons. The van der Waals surface area contributed by atoms with Crippen molar-refractivity contribution < 1.29 is 14.7 Å². The highest BCUT2D eigenvalue weighted by Gasteiger charge is 2.34. The quantitative estimate of drug-likeness (QED) is 0.865. The van der Waals surface area contributed by atoms with Gasteiger partial charge in [-0.15, -0.1) is 0 Å². The van der Waals surface area contributed by atoms with Gasteiger partial charge < -0.3 is 10.4 Å². The van der Waals surface area contributed by atoms with Crippen LogP contribution in [-0.4, -0.2) is 39.6 Å². The number of amides is 2. The first-order valence-corrected chi connectivity index (χ1v) is 7.13. The van der Waals surface area contributed by atoms with E-state index in [4.69, 9.17) is 5.11 Å². The van der Waals surface area contributed by atoms with Gasteiger partial charge in [0.05, 0.1) is 4.47 Å². The molecule has 7 heteroatoms. The molecule has 1 saturated heterocycles. The van der Waals surface area contributed by atoms with Crippen molar-refractivity contribution in [3.8, 4) is 0 Å². The summed E-state index contributed by atoms with van der Waals surface area (Å²) in [6, 6.07) is 1.24. The Hall–Kier alpha value is -1.63. The molecule has 20 heavy (non-hydrogen) atoms. The predicted octanol–water partition coefficient (Wildman–Crippen LogP) is 2.54. The Kier molecular flexibility index (Phi) is 4.27. The van der Waals surface area contributed by atoms with Crippen LogP contribution >= 0.6 is 15.9 Å². The molecule has 2 amide bonds. The number of halogens is 1. The van der Waals surface area contributed by atoms with Crippen molar-refractivity contribution in [1.82, 2.24) is 9.88 Å². The minimum absolute atomic E-state index is 0.332. The van der Waals surface area contributed by atoms with E-state index in [-0.39, 0.29) is 5.91 Å². The molecule has 1 aromatic heterocycles. The second-order valence-corrected chi connectivity index (χ2v) is 5.70. The molecular formula is C13H16BrN3O3. The molecule has 0 unspecified atom stereocenters. The van der Waals surface area contributed by atoms with Gasteiger partial charge in [0.25, 0.3) is 0 Å². The smallest absolute Gasteiger partial charge is 0.407 e. The molecule has 1 aromatic rings. The van der Waals surface area contributed by atoms with Gasteiger partial charge >= 0.3 is 6.09 Å². The van der Waals surface area contributed by atoms with Gasteiger partial charge in [-0.25, -0.2) is 9.78 Å². The number of aryl methyl sites for hydroxylation is 2. The monoisotopic (exact) mass is 341 g/mol. The third-order valence-electron chi connectivity index (χ3n) is 3.46. The lowest BCUT2D eigenvalue weighted by Gasteiger charge is -2.20. The molecule has 0 spiro atoms. The summed E-state index contributed by atoms with van der Waals surface area (Å²) < 4.78 is 0.689. The van der Waals surface area contributed by atoms with Gasteiger partial charge in [-0.1, -0.05) is 0 Å². The van der Waals surface area contributed by atoms with E-state index in [1.807, 2.05) is 19.9 Å². The number of likely N-dealkylation sites (tertiary alicyclic amines) is 1. The maximum absolute atomic E-state index is 12.2. The maximum Gasteiger partial charge on any atom is 0.407 e. The molecule has 0 bridgehead atoms.